The van der Waals surface area contributed by atoms with E-state index in [0.717, 1.165) is 17.1 Å². The monoisotopic (exact) mass is 821 g/mol. The van der Waals surface area contributed by atoms with Gasteiger partial charge in [-0.25, -0.2) is 0 Å². The first-order valence-electron chi connectivity index (χ1n) is 22.6. The van der Waals surface area contributed by atoms with Crippen LogP contribution in [0.3, 0.4) is 0 Å². The summed E-state index contributed by atoms with van der Waals surface area (Å²) in [7, 11) is 0. The Balaban J connectivity index is 1.02. The second-order valence-corrected chi connectivity index (χ2v) is 17.6. The Kier molecular flexibility index (Phi) is 7.75. The quantitative estimate of drug-likeness (QED) is 0.156. The molecule has 0 unspecified atom stereocenters. The van der Waals surface area contributed by atoms with Crippen molar-refractivity contribution < 1.29 is 0 Å². The SMILES string of the molecule is c1ccc2cc(-c3ccc(N(c4ccc(-c5cc6ccccc6c6ccccc56)cc4)c4cc5ccc6cccc7c8cccc9ccc%10cccc(c(c4)c5c67)c%10c98)cc3)ccc2c1. The van der Waals surface area contributed by atoms with Crippen LogP contribution >= 0.6 is 0 Å². The van der Waals surface area contributed by atoms with Gasteiger partial charge in [-0.2, -0.15) is 0 Å². The Morgan fingerprint density at radius 2 is 0.646 bits per heavy atom. The molecule has 0 aliphatic carbocycles. The summed E-state index contributed by atoms with van der Waals surface area (Å²) < 4.78 is 0. The molecule has 0 fully saturated rings. The van der Waals surface area contributed by atoms with Crippen LogP contribution in [-0.2, 0) is 0 Å². The van der Waals surface area contributed by atoms with Gasteiger partial charge in [0.1, 0.15) is 0 Å². The van der Waals surface area contributed by atoms with E-state index in [1.807, 2.05) is 0 Å². The van der Waals surface area contributed by atoms with E-state index < -0.39 is 0 Å². The predicted octanol–water partition coefficient (Wildman–Crippen LogP) is 18.3. The van der Waals surface area contributed by atoms with Gasteiger partial charge in [0.05, 0.1) is 0 Å². The normalized spacial score (nSPS) is 12.0. The maximum atomic E-state index is 2.46. The van der Waals surface area contributed by atoms with Crippen LogP contribution in [0, 0.1) is 0 Å². The fraction of sp³-hybridized carbons (Fsp3) is 0. The summed E-state index contributed by atoms with van der Waals surface area (Å²) in [5, 5.41) is 22.9. The van der Waals surface area contributed by atoms with Crippen molar-refractivity contribution in [1.29, 1.82) is 0 Å². The zero-order valence-electron chi connectivity index (χ0n) is 35.5. The van der Waals surface area contributed by atoms with Crippen LogP contribution in [-0.4, -0.2) is 0 Å². The number of benzene rings is 13. The Bertz CT molecular complexity index is 4210. The standard InChI is InChI=1S/C64H39N/c1-2-11-46-36-47(26-22-40(46)10-1)41-28-32-50(33-29-41)65(51-34-30-42(31-35-51)59-38-48-12-3-4-16-53(48)54-17-5-6-18-55(54)59)52-37-49-27-25-45-14-8-20-57-56-19-7-13-43-23-24-44-15-9-21-58(63(44)61(43)56)60(39-52)64(49)62(45)57/h1-39H. The lowest BCUT2D eigenvalue weighted by molar-refractivity contribution is 1.29. The highest BCUT2D eigenvalue weighted by Gasteiger charge is 2.20. The van der Waals surface area contributed by atoms with Crippen LogP contribution in [0.2, 0.25) is 0 Å². The number of hydrogen-bond donors (Lipinski definition) is 0. The second kappa shape index (κ2) is 14.0. The molecule has 0 heterocycles. The van der Waals surface area contributed by atoms with Crippen LogP contribution in [0.4, 0.5) is 17.1 Å². The third-order valence-electron chi connectivity index (χ3n) is 14.1. The molecular weight excluding hydrogens is 783 g/mol. The van der Waals surface area contributed by atoms with E-state index in [0.29, 0.717) is 0 Å². The Morgan fingerprint density at radius 3 is 1.29 bits per heavy atom. The largest absolute Gasteiger partial charge is 0.310 e. The van der Waals surface area contributed by atoms with E-state index in [1.54, 1.807) is 0 Å². The van der Waals surface area contributed by atoms with Gasteiger partial charge in [0.2, 0.25) is 0 Å². The Hall–Kier alpha value is -8.52. The second-order valence-electron chi connectivity index (χ2n) is 17.6. The number of nitrogens with zero attached hydrogens (tertiary/aromatic N) is 1. The molecule has 14 aromatic carbocycles. The minimum Gasteiger partial charge on any atom is -0.310 e. The van der Waals surface area contributed by atoms with Crippen LogP contribution in [0.15, 0.2) is 237 Å². The average molecular weight is 822 g/mol. The van der Waals surface area contributed by atoms with E-state index in [1.165, 1.54) is 119 Å². The van der Waals surface area contributed by atoms with Crippen molar-refractivity contribution in [2.45, 2.75) is 0 Å². The number of anilines is 3. The van der Waals surface area contributed by atoms with E-state index in [4.69, 9.17) is 0 Å². The van der Waals surface area contributed by atoms with Crippen molar-refractivity contribution in [3.05, 3.63) is 237 Å². The van der Waals surface area contributed by atoms with Gasteiger partial charge in [0.15, 0.2) is 0 Å². The fourth-order valence-electron chi connectivity index (χ4n) is 11.1. The number of hydrogen-bond acceptors (Lipinski definition) is 1. The smallest absolute Gasteiger partial charge is 0.0474 e. The maximum absolute atomic E-state index is 2.46. The van der Waals surface area contributed by atoms with Gasteiger partial charge in [0.25, 0.3) is 0 Å². The van der Waals surface area contributed by atoms with E-state index in [2.05, 4.69) is 241 Å². The van der Waals surface area contributed by atoms with Crippen molar-refractivity contribution >= 4 is 114 Å². The molecule has 300 valence electrons. The van der Waals surface area contributed by atoms with Crippen LogP contribution in [0.1, 0.15) is 0 Å². The first kappa shape index (κ1) is 36.0. The van der Waals surface area contributed by atoms with Gasteiger partial charge < -0.3 is 4.90 Å². The first-order valence-corrected chi connectivity index (χ1v) is 22.6. The van der Waals surface area contributed by atoms with Gasteiger partial charge in [0, 0.05) is 17.1 Å². The predicted molar refractivity (Wildman–Crippen MR) is 281 cm³/mol. The van der Waals surface area contributed by atoms with Crippen LogP contribution in [0.5, 0.6) is 0 Å². The topological polar surface area (TPSA) is 3.24 Å². The van der Waals surface area contributed by atoms with Gasteiger partial charge in [-0.3, -0.25) is 0 Å². The summed E-state index contributed by atoms with van der Waals surface area (Å²) in [6.45, 7) is 0. The molecule has 0 bridgehead atoms. The van der Waals surface area contributed by atoms with E-state index >= 15 is 0 Å². The van der Waals surface area contributed by atoms with Crippen molar-refractivity contribution in [2.75, 3.05) is 4.90 Å². The molecule has 1 nitrogen and oxygen atoms in total. The lowest BCUT2D eigenvalue weighted by Gasteiger charge is -2.27. The molecule has 0 atom stereocenters. The molecule has 0 aromatic heterocycles. The highest BCUT2D eigenvalue weighted by Crippen LogP contribution is 2.47. The Morgan fingerprint density at radius 1 is 0.200 bits per heavy atom. The first-order chi connectivity index (χ1) is 32.2. The third kappa shape index (κ3) is 5.52. The molecule has 0 radical (unpaired) electrons. The molecule has 0 aliphatic heterocycles. The molecule has 0 saturated heterocycles. The van der Waals surface area contributed by atoms with Crippen LogP contribution < -0.4 is 4.90 Å². The highest BCUT2D eigenvalue weighted by atomic mass is 15.1. The van der Waals surface area contributed by atoms with E-state index in [9.17, 15) is 0 Å². The molecule has 0 aliphatic rings. The fourth-order valence-corrected chi connectivity index (χ4v) is 11.1. The van der Waals surface area contributed by atoms with Crippen molar-refractivity contribution in [2.24, 2.45) is 0 Å². The minimum atomic E-state index is 1.10. The maximum Gasteiger partial charge on any atom is 0.0474 e. The summed E-state index contributed by atoms with van der Waals surface area (Å²) in [5.74, 6) is 0. The third-order valence-corrected chi connectivity index (χ3v) is 14.1. The molecular formula is C64H39N. The zero-order valence-corrected chi connectivity index (χ0v) is 35.5. The highest BCUT2D eigenvalue weighted by molar-refractivity contribution is 6.37. The summed E-state index contributed by atoms with van der Waals surface area (Å²) in [6, 6.07) is 88.2. The van der Waals surface area contributed by atoms with E-state index in [-0.39, 0.29) is 0 Å². The van der Waals surface area contributed by atoms with Crippen molar-refractivity contribution in [1.82, 2.24) is 0 Å². The number of rotatable bonds is 5. The van der Waals surface area contributed by atoms with Crippen molar-refractivity contribution in [3.63, 3.8) is 0 Å². The molecule has 0 saturated carbocycles. The van der Waals surface area contributed by atoms with Crippen molar-refractivity contribution in [3.8, 4) is 22.3 Å². The summed E-state index contributed by atoms with van der Waals surface area (Å²) >= 11 is 0. The summed E-state index contributed by atoms with van der Waals surface area (Å²) in [6.07, 6.45) is 0. The van der Waals surface area contributed by atoms with Gasteiger partial charge in [-0.1, -0.05) is 188 Å². The molecule has 1 heteroatoms. The minimum absolute atomic E-state index is 1.10. The zero-order chi connectivity index (χ0) is 42.6. The lowest BCUT2D eigenvalue weighted by atomic mass is 9.87. The molecule has 14 aromatic rings. The van der Waals surface area contributed by atoms with Gasteiger partial charge >= 0.3 is 0 Å². The molecule has 0 N–H and O–H groups in total. The molecule has 14 rings (SSSR count). The lowest BCUT2D eigenvalue weighted by Crippen LogP contribution is -2.10. The van der Waals surface area contributed by atoms with Gasteiger partial charge in [-0.05, 0) is 168 Å². The summed E-state index contributed by atoms with van der Waals surface area (Å²) in [5.41, 5.74) is 8.15. The summed E-state index contributed by atoms with van der Waals surface area (Å²) in [4.78, 5) is 2.45. The molecule has 0 amide bonds. The number of fused-ring (bicyclic) bond motifs is 6. The molecule has 0 spiro atoms. The average Bonchev–Trinajstić information content (AvgIpc) is 3.37. The van der Waals surface area contributed by atoms with Crippen LogP contribution in [0.25, 0.3) is 119 Å². The van der Waals surface area contributed by atoms with Gasteiger partial charge in [-0.15, -0.1) is 0 Å². The Labute approximate surface area is 376 Å². The molecule has 65 heavy (non-hydrogen) atoms.